The highest BCUT2D eigenvalue weighted by Crippen LogP contribution is 2.31. The molecule has 1 heterocycles. The average Bonchev–Trinajstić information content (AvgIpc) is 2.82. The lowest BCUT2D eigenvalue weighted by molar-refractivity contribution is 0.169. The maximum absolute atomic E-state index is 12.9. The zero-order valence-electron chi connectivity index (χ0n) is 14.4. The maximum Gasteiger partial charge on any atom is 0.318 e. The molecule has 23 heavy (non-hydrogen) atoms. The van der Waals surface area contributed by atoms with Crippen LogP contribution >= 0.6 is 0 Å². The van der Waals surface area contributed by atoms with Gasteiger partial charge in [0, 0.05) is 12.6 Å². The van der Waals surface area contributed by atoms with Gasteiger partial charge in [-0.3, -0.25) is 0 Å². The standard InChI is InChI=1S/C20H30N2O/c1-16-9-8-10-17(15-16)19-13-6-3-7-14-22(19)20(23)21-18-11-4-2-5-12-18/h8-10,15,18-19H,2-7,11-14H2,1H3,(H,21,23). The molecule has 0 bridgehead atoms. The van der Waals surface area contributed by atoms with Crippen molar-refractivity contribution in [3.05, 3.63) is 35.4 Å². The molecule has 1 aromatic rings. The molecule has 126 valence electrons. The lowest BCUT2D eigenvalue weighted by atomic mass is 9.95. The zero-order chi connectivity index (χ0) is 16.1. The van der Waals surface area contributed by atoms with Crippen LogP contribution in [0.2, 0.25) is 0 Å². The van der Waals surface area contributed by atoms with Crippen molar-refractivity contribution in [2.75, 3.05) is 6.54 Å². The Morgan fingerprint density at radius 1 is 1.04 bits per heavy atom. The third-order valence-corrected chi connectivity index (χ3v) is 5.37. The number of rotatable bonds is 2. The molecule has 1 saturated carbocycles. The van der Waals surface area contributed by atoms with Gasteiger partial charge in [0.1, 0.15) is 0 Å². The van der Waals surface area contributed by atoms with Crippen LogP contribution in [0.15, 0.2) is 24.3 Å². The lowest BCUT2D eigenvalue weighted by Gasteiger charge is -2.33. The van der Waals surface area contributed by atoms with E-state index in [1.807, 2.05) is 0 Å². The van der Waals surface area contributed by atoms with Crippen LogP contribution in [0.5, 0.6) is 0 Å². The second-order valence-corrected chi connectivity index (χ2v) is 7.26. The Morgan fingerprint density at radius 3 is 2.57 bits per heavy atom. The zero-order valence-corrected chi connectivity index (χ0v) is 14.4. The van der Waals surface area contributed by atoms with Gasteiger partial charge in [-0.1, -0.05) is 61.9 Å². The molecule has 2 fully saturated rings. The van der Waals surface area contributed by atoms with Crippen LogP contribution in [0.1, 0.15) is 75.0 Å². The maximum atomic E-state index is 12.9. The summed E-state index contributed by atoms with van der Waals surface area (Å²) in [6.45, 7) is 3.02. The average molecular weight is 314 g/mol. The van der Waals surface area contributed by atoms with Crippen molar-refractivity contribution in [3.63, 3.8) is 0 Å². The predicted octanol–water partition coefficient (Wildman–Crippen LogP) is 4.95. The van der Waals surface area contributed by atoms with Gasteiger partial charge in [0.05, 0.1) is 6.04 Å². The Kier molecular flexibility index (Phi) is 5.58. The van der Waals surface area contributed by atoms with Gasteiger partial charge >= 0.3 is 6.03 Å². The van der Waals surface area contributed by atoms with Gasteiger partial charge in [-0.15, -0.1) is 0 Å². The second kappa shape index (κ2) is 7.85. The van der Waals surface area contributed by atoms with Crippen molar-refractivity contribution in [1.82, 2.24) is 10.2 Å². The molecule has 3 heteroatoms. The Labute approximate surface area is 140 Å². The summed E-state index contributed by atoms with van der Waals surface area (Å²) in [5.41, 5.74) is 2.57. The third kappa shape index (κ3) is 4.27. The summed E-state index contributed by atoms with van der Waals surface area (Å²) in [5, 5.41) is 3.32. The van der Waals surface area contributed by atoms with Gasteiger partial charge in [-0.2, -0.15) is 0 Å². The molecule has 2 aliphatic rings. The largest absolute Gasteiger partial charge is 0.335 e. The van der Waals surface area contributed by atoms with E-state index in [4.69, 9.17) is 0 Å². The number of likely N-dealkylation sites (tertiary alicyclic amines) is 1. The van der Waals surface area contributed by atoms with Gasteiger partial charge in [0.2, 0.25) is 0 Å². The first-order valence-corrected chi connectivity index (χ1v) is 9.38. The quantitative estimate of drug-likeness (QED) is 0.822. The first kappa shape index (κ1) is 16.4. The molecule has 1 atom stereocenters. The summed E-state index contributed by atoms with van der Waals surface area (Å²) in [6.07, 6.45) is 10.8. The SMILES string of the molecule is Cc1cccc(C2CCCCCN2C(=O)NC2CCCCC2)c1. The summed E-state index contributed by atoms with van der Waals surface area (Å²) in [5.74, 6) is 0. The lowest BCUT2D eigenvalue weighted by Crippen LogP contribution is -2.46. The van der Waals surface area contributed by atoms with Crippen LogP contribution in [0, 0.1) is 6.92 Å². The van der Waals surface area contributed by atoms with E-state index >= 15 is 0 Å². The molecule has 2 amide bonds. The number of benzene rings is 1. The Balaban J connectivity index is 1.73. The fraction of sp³-hybridized carbons (Fsp3) is 0.650. The highest BCUT2D eigenvalue weighted by molar-refractivity contribution is 5.75. The molecular weight excluding hydrogens is 284 g/mol. The molecule has 1 saturated heterocycles. The highest BCUT2D eigenvalue weighted by atomic mass is 16.2. The van der Waals surface area contributed by atoms with Crippen LogP contribution in [0.25, 0.3) is 0 Å². The van der Waals surface area contributed by atoms with Gasteiger partial charge in [-0.25, -0.2) is 4.79 Å². The number of carbonyl (C=O) groups excluding carboxylic acids is 1. The number of carbonyl (C=O) groups is 1. The number of amides is 2. The first-order valence-electron chi connectivity index (χ1n) is 9.38. The molecule has 1 aliphatic carbocycles. The Bertz CT molecular complexity index is 522. The number of urea groups is 1. The fourth-order valence-electron chi connectivity index (χ4n) is 4.08. The number of nitrogens with zero attached hydrogens (tertiary/aromatic N) is 1. The van der Waals surface area contributed by atoms with E-state index in [2.05, 4.69) is 41.4 Å². The predicted molar refractivity (Wildman–Crippen MR) is 94.5 cm³/mol. The smallest absolute Gasteiger partial charge is 0.318 e. The molecule has 1 aromatic carbocycles. The minimum absolute atomic E-state index is 0.158. The fourth-order valence-corrected chi connectivity index (χ4v) is 4.08. The minimum Gasteiger partial charge on any atom is -0.335 e. The Morgan fingerprint density at radius 2 is 1.78 bits per heavy atom. The second-order valence-electron chi connectivity index (χ2n) is 7.26. The van der Waals surface area contributed by atoms with Crippen molar-refractivity contribution in [1.29, 1.82) is 0 Å². The van der Waals surface area contributed by atoms with Crippen LogP contribution in [0.4, 0.5) is 4.79 Å². The van der Waals surface area contributed by atoms with E-state index in [0.29, 0.717) is 6.04 Å². The third-order valence-electron chi connectivity index (χ3n) is 5.37. The van der Waals surface area contributed by atoms with Crippen molar-refractivity contribution in [2.45, 2.75) is 76.8 Å². The molecule has 0 spiro atoms. The molecule has 1 unspecified atom stereocenters. The summed E-state index contributed by atoms with van der Waals surface area (Å²) in [4.78, 5) is 15.0. The summed E-state index contributed by atoms with van der Waals surface area (Å²) < 4.78 is 0. The van der Waals surface area contributed by atoms with E-state index in [-0.39, 0.29) is 12.1 Å². The van der Waals surface area contributed by atoms with Crippen LogP contribution in [-0.2, 0) is 0 Å². The Hall–Kier alpha value is -1.51. The molecule has 1 N–H and O–H groups in total. The molecule has 3 nitrogen and oxygen atoms in total. The first-order chi connectivity index (χ1) is 11.2. The van der Waals surface area contributed by atoms with Crippen LogP contribution in [-0.4, -0.2) is 23.5 Å². The van der Waals surface area contributed by atoms with E-state index in [1.54, 1.807) is 0 Å². The van der Waals surface area contributed by atoms with E-state index in [0.717, 1.165) is 32.2 Å². The number of nitrogens with one attached hydrogen (secondary N) is 1. The van der Waals surface area contributed by atoms with E-state index in [9.17, 15) is 4.79 Å². The molecule has 3 rings (SSSR count). The normalized spacial score (nSPS) is 23.3. The van der Waals surface area contributed by atoms with Crippen molar-refractivity contribution < 1.29 is 4.79 Å². The number of aryl methyl sites for hydroxylation is 1. The molecule has 0 radical (unpaired) electrons. The van der Waals surface area contributed by atoms with Crippen LogP contribution < -0.4 is 5.32 Å². The molecule has 0 aromatic heterocycles. The summed E-state index contributed by atoms with van der Waals surface area (Å²) >= 11 is 0. The van der Waals surface area contributed by atoms with Gasteiger partial charge in [0.15, 0.2) is 0 Å². The summed E-state index contributed by atoms with van der Waals surface area (Å²) in [6, 6.07) is 9.46. The van der Waals surface area contributed by atoms with Crippen molar-refractivity contribution in [2.24, 2.45) is 0 Å². The summed E-state index contributed by atoms with van der Waals surface area (Å²) in [7, 11) is 0. The topological polar surface area (TPSA) is 32.3 Å². The minimum atomic E-state index is 0.158. The highest BCUT2D eigenvalue weighted by Gasteiger charge is 2.28. The van der Waals surface area contributed by atoms with Crippen molar-refractivity contribution >= 4 is 6.03 Å². The number of hydrogen-bond donors (Lipinski definition) is 1. The molecular formula is C20H30N2O. The monoisotopic (exact) mass is 314 g/mol. The van der Waals surface area contributed by atoms with Gasteiger partial charge in [-0.05, 0) is 38.2 Å². The van der Waals surface area contributed by atoms with E-state index in [1.165, 1.54) is 43.2 Å². The molecule has 1 aliphatic heterocycles. The van der Waals surface area contributed by atoms with Crippen LogP contribution in [0.3, 0.4) is 0 Å². The number of hydrogen-bond acceptors (Lipinski definition) is 1. The van der Waals surface area contributed by atoms with Gasteiger partial charge < -0.3 is 10.2 Å². The van der Waals surface area contributed by atoms with Gasteiger partial charge in [0.25, 0.3) is 0 Å². The van der Waals surface area contributed by atoms with Crippen molar-refractivity contribution in [3.8, 4) is 0 Å². The van der Waals surface area contributed by atoms with E-state index < -0.39 is 0 Å².